The molecular weight excluding hydrogens is 212 g/mol. The van der Waals surface area contributed by atoms with E-state index < -0.39 is 0 Å². The van der Waals surface area contributed by atoms with E-state index in [2.05, 4.69) is 24.1 Å². The van der Waals surface area contributed by atoms with E-state index >= 15 is 0 Å². The highest BCUT2D eigenvalue weighted by Gasteiger charge is 2.32. The van der Waals surface area contributed by atoms with E-state index in [4.69, 9.17) is 10.5 Å². The number of likely N-dealkylation sites (tertiary alicyclic amines) is 1. The van der Waals surface area contributed by atoms with Crippen molar-refractivity contribution >= 4 is 0 Å². The van der Waals surface area contributed by atoms with Gasteiger partial charge < -0.3 is 15.4 Å². The molecule has 1 aromatic carbocycles. The summed E-state index contributed by atoms with van der Waals surface area (Å²) in [5.74, 6) is 0.936. The minimum atomic E-state index is -0.0537. The molecule has 17 heavy (non-hydrogen) atoms. The number of hydrogen-bond acceptors (Lipinski definition) is 3. The highest BCUT2D eigenvalue weighted by atomic mass is 16.5. The van der Waals surface area contributed by atoms with Gasteiger partial charge >= 0.3 is 0 Å². The standard InChI is InChI=1S/C14H22N2O/c1-3-17-13-6-4-12(5-7-13)10-14(15)8-9-16(2)11-14/h4-7H,3,8-11,15H2,1-2H3. The molecule has 0 aromatic heterocycles. The Morgan fingerprint density at radius 2 is 2.06 bits per heavy atom. The Morgan fingerprint density at radius 1 is 1.35 bits per heavy atom. The fraction of sp³-hybridized carbons (Fsp3) is 0.571. The molecule has 1 aliphatic rings. The molecule has 1 unspecified atom stereocenters. The third kappa shape index (κ3) is 3.20. The quantitative estimate of drug-likeness (QED) is 0.861. The third-order valence-electron chi connectivity index (χ3n) is 3.37. The molecule has 0 saturated carbocycles. The van der Waals surface area contributed by atoms with E-state index in [0.717, 1.165) is 31.7 Å². The van der Waals surface area contributed by atoms with Gasteiger partial charge in [0.15, 0.2) is 0 Å². The Balaban J connectivity index is 1.99. The molecular formula is C14H22N2O. The molecule has 1 aliphatic heterocycles. The maximum Gasteiger partial charge on any atom is 0.119 e. The van der Waals surface area contributed by atoms with Crippen LogP contribution in [0.25, 0.3) is 0 Å². The molecule has 0 aliphatic carbocycles. The van der Waals surface area contributed by atoms with Crippen molar-refractivity contribution in [1.29, 1.82) is 0 Å². The molecule has 1 atom stereocenters. The average Bonchev–Trinajstić information content (AvgIpc) is 2.62. The van der Waals surface area contributed by atoms with Crippen molar-refractivity contribution in [1.82, 2.24) is 4.90 Å². The zero-order valence-electron chi connectivity index (χ0n) is 10.8. The lowest BCUT2D eigenvalue weighted by atomic mass is 9.91. The Morgan fingerprint density at radius 3 is 2.59 bits per heavy atom. The van der Waals surface area contributed by atoms with Crippen molar-refractivity contribution < 1.29 is 4.74 Å². The van der Waals surface area contributed by atoms with Crippen molar-refractivity contribution in [2.45, 2.75) is 25.3 Å². The number of hydrogen-bond donors (Lipinski definition) is 1. The minimum absolute atomic E-state index is 0.0537. The van der Waals surface area contributed by atoms with E-state index in [9.17, 15) is 0 Å². The van der Waals surface area contributed by atoms with Crippen molar-refractivity contribution in [3.8, 4) is 5.75 Å². The Bertz CT molecular complexity index is 363. The van der Waals surface area contributed by atoms with Gasteiger partial charge in [0.25, 0.3) is 0 Å². The van der Waals surface area contributed by atoms with Gasteiger partial charge in [0.1, 0.15) is 5.75 Å². The largest absolute Gasteiger partial charge is 0.494 e. The summed E-state index contributed by atoms with van der Waals surface area (Å²) in [7, 11) is 2.13. The maximum atomic E-state index is 6.41. The van der Waals surface area contributed by atoms with Gasteiger partial charge in [0.05, 0.1) is 6.61 Å². The van der Waals surface area contributed by atoms with Crippen LogP contribution in [0.1, 0.15) is 18.9 Å². The zero-order chi connectivity index (χ0) is 12.3. The minimum Gasteiger partial charge on any atom is -0.494 e. The second-order valence-electron chi connectivity index (χ2n) is 5.10. The molecule has 0 amide bonds. The summed E-state index contributed by atoms with van der Waals surface area (Å²) < 4.78 is 5.43. The van der Waals surface area contributed by atoms with Crippen molar-refractivity contribution in [2.75, 3.05) is 26.7 Å². The molecule has 3 heteroatoms. The normalized spacial score (nSPS) is 25.1. The van der Waals surface area contributed by atoms with Crippen LogP contribution in [0.2, 0.25) is 0 Å². The molecule has 1 heterocycles. The molecule has 2 N–H and O–H groups in total. The number of ether oxygens (including phenoxy) is 1. The molecule has 3 nitrogen and oxygen atoms in total. The predicted molar refractivity (Wildman–Crippen MR) is 70.3 cm³/mol. The number of nitrogens with two attached hydrogens (primary N) is 1. The molecule has 1 fully saturated rings. The highest BCUT2D eigenvalue weighted by molar-refractivity contribution is 5.28. The molecule has 2 rings (SSSR count). The van der Waals surface area contributed by atoms with E-state index in [1.54, 1.807) is 0 Å². The van der Waals surface area contributed by atoms with E-state index in [1.165, 1.54) is 5.56 Å². The Kier molecular flexibility index (Phi) is 3.69. The second-order valence-corrected chi connectivity index (χ2v) is 5.10. The van der Waals surface area contributed by atoms with E-state index in [-0.39, 0.29) is 5.54 Å². The summed E-state index contributed by atoms with van der Waals surface area (Å²) in [6.45, 7) is 4.80. The second kappa shape index (κ2) is 5.07. The molecule has 0 bridgehead atoms. The van der Waals surface area contributed by atoms with Crippen LogP contribution in [0.3, 0.4) is 0 Å². The summed E-state index contributed by atoms with van der Waals surface area (Å²) in [6.07, 6.45) is 2.03. The van der Waals surface area contributed by atoms with Gasteiger partial charge in [0.2, 0.25) is 0 Å². The summed E-state index contributed by atoms with van der Waals surface area (Å²) >= 11 is 0. The first kappa shape index (κ1) is 12.4. The smallest absolute Gasteiger partial charge is 0.119 e. The topological polar surface area (TPSA) is 38.5 Å². The van der Waals surface area contributed by atoms with Crippen LogP contribution < -0.4 is 10.5 Å². The monoisotopic (exact) mass is 234 g/mol. The van der Waals surface area contributed by atoms with E-state index in [0.29, 0.717) is 6.61 Å². The summed E-state index contributed by atoms with van der Waals surface area (Å²) in [5.41, 5.74) is 7.65. The molecule has 1 saturated heterocycles. The Hall–Kier alpha value is -1.06. The first-order valence-corrected chi connectivity index (χ1v) is 6.30. The highest BCUT2D eigenvalue weighted by Crippen LogP contribution is 2.23. The molecule has 0 radical (unpaired) electrons. The number of benzene rings is 1. The van der Waals surface area contributed by atoms with Crippen LogP contribution in [0.5, 0.6) is 5.75 Å². The van der Waals surface area contributed by atoms with Crippen LogP contribution >= 0.6 is 0 Å². The fourth-order valence-corrected chi connectivity index (χ4v) is 2.53. The SMILES string of the molecule is CCOc1ccc(CC2(N)CCN(C)C2)cc1. The van der Waals surface area contributed by atoms with Crippen LogP contribution in [0, 0.1) is 0 Å². The molecule has 0 spiro atoms. The fourth-order valence-electron chi connectivity index (χ4n) is 2.53. The van der Waals surface area contributed by atoms with Gasteiger partial charge in [0, 0.05) is 12.1 Å². The van der Waals surface area contributed by atoms with Crippen LogP contribution in [-0.2, 0) is 6.42 Å². The van der Waals surface area contributed by atoms with Gasteiger partial charge in [-0.05, 0) is 51.1 Å². The lowest BCUT2D eigenvalue weighted by molar-refractivity contribution is 0.339. The zero-order valence-corrected chi connectivity index (χ0v) is 10.8. The van der Waals surface area contributed by atoms with Gasteiger partial charge in [-0.1, -0.05) is 12.1 Å². The van der Waals surface area contributed by atoms with Gasteiger partial charge in [-0.2, -0.15) is 0 Å². The third-order valence-corrected chi connectivity index (χ3v) is 3.37. The molecule has 1 aromatic rings. The Labute approximate surface area is 104 Å². The maximum absolute atomic E-state index is 6.41. The van der Waals surface area contributed by atoms with Gasteiger partial charge in [-0.25, -0.2) is 0 Å². The first-order valence-electron chi connectivity index (χ1n) is 6.30. The van der Waals surface area contributed by atoms with Crippen LogP contribution in [0.15, 0.2) is 24.3 Å². The molecule has 94 valence electrons. The van der Waals surface area contributed by atoms with Crippen molar-refractivity contribution in [3.05, 3.63) is 29.8 Å². The lowest BCUT2D eigenvalue weighted by Crippen LogP contribution is -2.44. The van der Waals surface area contributed by atoms with E-state index in [1.807, 2.05) is 19.1 Å². The predicted octanol–water partition coefficient (Wildman–Crippen LogP) is 1.66. The number of rotatable bonds is 4. The first-order chi connectivity index (χ1) is 8.11. The van der Waals surface area contributed by atoms with Crippen LogP contribution in [0.4, 0.5) is 0 Å². The number of nitrogens with zero attached hydrogens (tertiary/aromatic N) is 1. The van der Waals surface area contributed by atoms with Crippen LogP contribution in [-0.4, -0.2) is 37.2 Å². The van der Waals surface area contributed by atoms with Gasteiger partial charge in [-0.3, -0.25) is 0 Å². The summed E-state index contributed by atoms with van der Waals surface area (Å²) in [6, 6.07) is 8.30. The summed E-state index contributed by atoms with van der Waals surface area (Å²) in [5, 5.41) is 0. The lowest BCUT2D eigenvalue weighted by Gasteiger charge is -2.23. The van der Waals surface area contributed by atoms with Crippen molar-refractivity contribution in [3.63, 3.8) is 0 Å². The van der Waals surface area contributed by atoms with Crippen molar-refractivity contribution in [2.24, 2.45) is 5.73 Å². The average molecular weight is 234 g/mol. The number of likely N-dealkylation sites (N-methyl/N-ethyl adjacent to an activating group) is 1. The van der Waals surface area contributed by atoms with Gasteiger partial charge in [-0.15, -0.1) is 0 Å². The summed E-state index contributed by atoms with van der Waals surface area (Å²) in [4.78, 5) is 2.30.